The first kappa shape index (κ1) is 20.8. The molecule has 0 atom stereocenters. The number of nitrogens with one attached hydrogen (secondary N) is 1. The van der Waals surface area contributed by atoms with Gasteiger partial charge in [-0.15, -0.1) is 0 Å². The maximum absolute atomic E-state index is 13.4. The predicted molar refractivity (Wildman–Crippen MR) is 131 cm³/mol. The summed E-state index contributed by atoms with van der Waals surface area (Å²) in [6.07, 6.45) is 5.41. The fourth-order valence-corrected chi connectivity index (χ4v) is 4.70. The van der Waals surface area contributed by atoms with Crippen molar-refractivity contribution in [3.63, 3.8) is 0 Å². The van der Waals surface area contributed by atoms with Crippen molar-refractivity contribution < 1.29 is 4.79 Å². The minimum absolute atomic E-state index is 0.254. The Morgan fingerprint density at radius 3 is 2.52 bits per heavy atom. The largest absolute Gasteiger partial charge is 0.333 e. The zero-order chi connectivity index (χ0) is 22.9. The van der Waals surface area contributed by atoms with E-state index in [1.54, 1.807) is 17.1 Å². The highest BCUT2D eigenvalue weighted by molar-refractivity contribution is 7.19. The molecular weight excluding hydrogens is 432 g/mol. The van der Waals surface area contributed by atoms with Gasteiger partial charge in [-0.1, -0.05) is 53.8 Å². The number of anilines is 1. The fraction of sp³-hybridized carbons (Fsp3) is 0.120. The summed E-state index contributed by atoms with van der Waals surface area (Å²) in [7, 11) is 1.94. The van der Waals surface area contributed by atoms with Crippen LogP contribution in [0.4, 0.5) is 5.13 Å². The third-order valence-corrected chi connectivity index (χ3v) is 6.49. The molecule has 0 aliphatic carbocycles. The van der Waals surface area contributed by atoms with Crippen LogP contribution in [0, 0.1) is 13.8 Å². The average Bonchev–Trinajstić information content (AvgIpc) is 3.53. The number of carbonyl (C=O) groups excluding carboxylic acids is 1. The fourth-order valence-electron chi connectivity index (χ4n) is 3.70. The van der Waals surface area contributed by atoms with Crippen molar-refractivity contribution in [2.45, 2.75) is 13.8 Å². The van der Waals surface area contributed by atoms with Crippen LogP contribution in [0.5, 0.6) is 0 Å². The number of aromatic nitrogens is 5. The van der Waals surface area contributed by atoms with Gasteiger partial charge in [0.2, 0.25) is 0 Å². The number of para-hydroxylation sites is 1. The molecule has 164 valence electrons. The molecule has 0 spiro atoms. The number of rotatable bonds is 5. The molecule has 0 bridgehead atoms. The van der Waals surface area contributed by atoms with E-state index in [1.165, 1.54) is 11.3 Å². The molecule has 5 rings (SSSR count). The summed E-state index contributed by atoms with van der Waals surface area (Å²) in [5.41, 5.74) is 4.79. The van der Waals surface area contributed by atoms with Crippen molar-refractivity contribution in [3.05, 3.63) is 90.0 Å². The second kappa shape index (κ2) is 8.48. The van der Waals surface area contributed by atoms with Crippen LogP contribution in [-0.2, 0) is 7.05 Å². The van der Waals surface area contributed by atoms with Crippen molar-refractivity contribution in [2.24, 2.45) is 7.05 Å². The molecule has 3 heterocycles. The Morgan fingerprint density at radius 1 is 1.03 bits per heavy atom. The molecule has 0 radical (unpaired) electrons. The highest BCUT2D eigenvalue weighted by Gasteiger charge is 2.22. The minimum atomic E-state index is -0.254. The van der Waals surface area contributed by atoms with Gasteiger partial charge in [0.05, 0.1) is 21.8 Å². The van der Waals surface area contributed by atoms with E-state index in [0.29, 0.717) is 16.4 Å². The maximum atomic E-state index is 13.4. The van der Waals surface area contributed by atoms with E-state index in [9.17, 15) is 4.79 Å². The molecule has 0 fully saturated rings. The Morgan fingerprint density at radius 2 is 1.79 bits per heavy atom. The summed E-state index contributed by atoms with van der Waals surface area (Å²) in [4.78, 5) is 23.3. The van der Waals surface area contributed by atoms with E-state index in [2.05, 4.69) is 15.3 Å². The van der Waals surface area contributed by atoms with Gasteiger partial charge in [0.1, 0.15) is 5.69 Å². The Bertz CT molecular complexity index is 1450. The number of benzene rings is 2. The Hall–Kier alpha value is -4.04. The topological polar surface area (TPSA) is 77.6 Å². The lowest BCUT2D eigenvalue weighted by molar-refractivity contribution is 0.102. The van der Waals surface area contributed by atoms with Crippen LogP contribution in [0.15, 0.2) is 73.2 Å². The third kappa shape index (κ3) is 3.96. The number of carbonyl (C=O) groups is 1. The van der Waals surface area contributed by atoms with Crippen molar-refractivity contribution in [3.8, 4) is 27.6 Å². The van der Waals surface area contributed by atoms with Gasteiger partial charge >= 0.3 is 0 Å². The van der Waals surface area contributed by atoms with Crippen LogP contribution in [-0.4, -0.2) is 30.2 Å². The summed E-state index contributed by atoms with van der Waals surface area (Å²) in [5, 5.41) is 8.27. The van der Waals surface area contributed by atoms with E-state index in [-0.39, 0.29) is 5.91 Å². The zero-order valence-electron chi connectivity index (χ0n) is 18.5. The molecule has 8 heteroatoms. The standard InChI is InChI=1S/C25H22N6OS/c1-16-9-7-8-12-19(16)21-20(15-31(29-21)18-10-5-4-6-11-18)24(32)28-25-27-17(2)22(33-25)23-26-13-14-30(23)3/h4-15H,1-3H3,(H,27,28,32). The summed E-state index contributed by atoms with van der Waals surface area (Å²) in [6, 6.07) is 17.7. The second-order valence-electron chi connectivity index (χ2n) is 7.74. The number of amides is 1. The van der Waals surface area contributed by atoms with Crippen LogP contribution in [0.25, 0.3) is 27.6 Å². The van der Waals surface area contributed by atoms with Gasteiger partial charge in [-0.05, 0) is 31.5 Å². The molecule has 2 aromatic carbocycles. The molecular formula is C25H22N6OS. The molecule has 0 aliphatic heterocycles. The zero-order valence-corrected chi connectivity index (χ0v) is 19.3. The minimum Gasteiger partial charge on any atom is -0.333 e. The molecule has 5 aromatic rings. The average molecular weight is 455 g/mol. The van der Waals surface area contributed by atoms with Crippen molar-refractivity contribution in [1.29, 1.82) is 0 Å². The van der Waals surface area contributed by atoms with Gasteiger partial charge in [0.25, 0.3) is 5.91 Å². The van der Waals surface area contributed by atoms with Gasteiger partial charge < -0.3 is 4.57 Å². The quantitative estimate of drug-likeness (QED) is 0.393. The Balaban J connectivity index is 1.53. The molecule has 3 aromatic heterocycles. The van der Waals surface area contributed by atoms with E-state index < -0.39 is 0 Å². The lowest BCUT2D eigenvalue weighted by atomic mass is 10.0. The highest BCUT2D eigenvalue weighted by Crippen LogP contribution is 2.32. The number of nitrogens with zero attached hydrogens (tertiary/aromatic N) is 5. The SMILES string of the molecule is Cc1ccccc1-c1nn(-c2ccccc2)cc1C(=O)Nc1nc(C)c(-c2nccn2C)s1. The first-order valence-electron chi connectivity index (χ1n) is 10.5. The van der Waals surface area contributed by atoms with E-state index in [4.69, 9.17) is 5.10 Å². The normalized spacial score (nSPS) is 11.0. The Kier molecular flexibility index (Phi) is 5.35. The lowest BCUT2D eigenvalue weighted by Gasteiger charge is -2.05. The first-order chi connectivity index (χ1) is 16.0. The molecule has 1 amide bonds. The summed E-state index contributed by atoms with van der Waals surface area (Å²) in [6.45, 7) is 3.93. The number of aryl methyl sites for hydroxylation is 3. The molecule has 0 aliphatic rings. The second-order valence-corrected chi connectivity index (χ2v) is 8.73. The number of imidazole rings is 1. The molecule has 7 nitrogen and oxygen atoms in total. The molecule has 0 saturated carbocycles. The van der Waals surface area contributed by atoms with Gasteiger partial charge in [-0.3, -0.25) is 10.1 Å². The number of thiazole rings is 1. The monoisotopic (exact) mass is 454 g/mol. The van der Waals surface area contributed by atoms with E-state index in [1.807, 2.05) is 86.3 Å². The number of hydrogen-bond acceptors (Lipinski definition) is 5. The van der Waals surface area contributed by atoms with Gasteiger partial charge in [0.15, 0.2) is 11.0 Å². The van der Waals surface area contributed by atoms with Crippen LogP contribution in [0.1, 0.15) is 21.6 Å². The predicted octanol–water partition coefficient (Wildman–Crippen LogP) is 5.27. The van der Waals surface area contributed by atoms with E-state index >= 15 is 0 Å². The molecule has 0 unspecified atom stereocenters. The van der Waals surface area contributed by atoms with Crippen LogP contribution in [0.3, 0.4) is 0 Å². The van der Waals surface area contributed by atoms with Gasteiger partial charge in [0, 0.05) is 31.2 Å². The summed E-state index contributed by atoms with van der Waals surface area (Å²) in [5.74, 6) is 0.568. The van der Waals surface area contributed by atoms with Crippen LogP contribution >= 0.6 is 11.3 Å². The maximum Gasteiger partial charge on any atom is 0.261 e. The lowest BCUT2D eigenvalue weighted by Crippen LogP contribution is -2.12. The van der Waals surface area contributed by atoms with Crippen molar-refractivity contribution >= 4 is 22.4 Å². The molecule has 1 N–H and O–H groups in total. The van der Waals surface area contributed by atoms with Crippen molar-refractivity contribution in [2.75, 3.05) is 5.32 Å². The van der Waals surface area contributed by atoms with Gasteiger partial charge in [-0.25, -0.2) is 14.6 Å². The van der Waals surface area contributed by atoms with Gasteiger partial charge in [-0.2, -0.15) is 5.10 Å². The summed E-state index contributed by atoms with van der Waals surface area (Å²) < 4.78 is 3.68. The van der Waals surface area contributed by atoms with Crippen LogP contribution in [0.2, 0.25) is 0 Å². The molecule has 0 saturated heterocycles. The highest BCUT2D eigenvalue weighted by atomic mass is 32.1. The van der Waals surface area contributed by atoms with E-state index in [0.717, 1.165) is 33.2 Å². The molecule has 33 heavy (non-hydrogen) atoms. The number of hydrogen-bond donors (Lipinski definition) is 1. The van der Waals surface area contributed by atoms with Crippen molar-refractivity contribution in [1.82, 2.24) is 24.3 Å². The smallest absolute Gasteiger partial charge is 0.261 e. The third-order valence-electron chi connectivity index (χ3n) is 5.42. The Labute approximate surface area is 195 Å². The first-order valence-corrected chi connectivity index (χ1v) is 11.3. The summed E-state index contributed by atoms with van der Waals surface area (Å²) >= 11 is 1.41. The van der Waals surface area contributed by atoms with Crippen LogP contribution < -0.4 is 5.32 Å².